The third-order valence-electron chi connectivity index (χ3n) is 3.49. The minimum Gasteiger partial charge on any atom is -0.370 e. The highest BCUT2D eigenvalue weighted by Crippen LogP contribution is 2.27. The van der Waals surface area contributed by atoms with Gasteiger partial charge in [0.05, 0.1) is 12.5 Å². The molecule has 2 rings (SSSR count). The molecule has 2 aliphatic rings. The van der Waals surface area contributed by atoms with E-state index in [9.17, 15) is 9.59 Å². The first-order valence-corrected chi connectivity index (χ1v) is 5.97. The molecule has 0 spiro atoms. The summed E-state index contributed by atoms with van der Waals surface area (Å²) in [7, 11) is 0. The maximum Gasteiger partial charge on any atom is 0.240 e. The van der Waals surface area contributed by atoms with Gasteiger partial charge in [0.25, 0.3) is 0 Å². The summed E-state index contributed by atoms with van der Waals surface area (Å²) in [6.45, 7) is 2.37. The number of primary amides is 1. The van der Waals surface area contributed by atoms with Crippen LogP contribution in [-0.4, -0.2) is 42.4 Å². The predicted molar refractivity (Wildman–Crippen MR) is 66.8 cm³/mol. The van der Waals surface area contributed by atoms with Crippen LogP contribution in [0.25, 0.3) is 0 Å². The fourth-order valence-corrected chi connectivity index (χ4v) is 2.32. The lowest BCUT2D eigenvalue weighted by atomic mass is 9.85. The molecular weight excluding hydrogens is 242 g/mol. The molecule has 0 aromatic heterocycles. The molecule has 17 heavy (non-hydrogen) atoms. The van der Waals surface area contributed by atoms with Crippen LogP contribution in [0.3, 0.4) is 0 Å². The molecule has 1 heterocycles. The molecule has 0 bridgehead atoms. The molecule has 1 aliphatic heterocycles. The maximum atomic E-state index is 12.0. The Morgan fingerprint density at radius 2 is 2.18 bits per heavy atom. The fourth-order valence-electron chi connectivity index (χ4n) is 2.32. The van der Waals surface area contributed by atoms with E-state index < -0.39 is 11.9 Å². The average molecular weight is 262 g/mol. The van der Waals surface area contributed by atoms with Gasteiger partial charge in [-0.05, 0) is 18.8 Å². The molecule has 2 fully saturated rings. The van der Waals surface area contributed by atoms with Crippen LogP contribution < -0.4 is 11.1 Å². The number of amides is 2. The summed E-state index contributed by atoms with van der Waals surface area (Å²) in [6.07, 6.45) is 3.87. The SMILES string of the molecule is Cl.NC(=O)CC1NCCN(CC2CCC2)C1=O. The van der Waals surface area contributed by atoms with Gasteiger partial charge in [0, 0.05) is 19.6 Å². The Labute approximate surface area is 108 Å². The Hall–Kier alpha value is -0.810. The fraction of sp³-hybridized carbons (Fsp3) is 0.818. The van der Waals surface area contributed by atoms with Gasteiger partial charge in [-0.1, -0.05) is 6.42 Å². The third-order valence-corrected chi connectivity index (χ3v) is 3.49. The maximum absolute atomic E-state index is 12.0. The van der Waals surface area contributed by atoms with Crippen molar-refractivity contribution in [2.75, 3.05) is 19.6 Å². The van der Waals surface area contributed by atoms with E-state index in [1.54, 1.807) is 0 Å². The minimum absolute atomic E-state index is 0. The number of carbonyl (C=O) groups is 2. The van der Waals surface area contributed by atoms with Gasteiger partial charge in [0.15, 0.2) is 0 Å². The second-order valence-corrected chi connectivity index (χ2v) is 4.76. The van der Waals surface area contributed by atoms with Gasteiger partial charge in [-0.2, -0.15) is 0 Å². The molecule has 1 saturated carbocycles. The van der Waals surface area contributed by atoms with Gasteiger partial charge in [-0.3, -0.25) is 9.59 Å². The van der Waals surface area contributed by atoms with Crippen LogP contribution in [0.2, 0.25) is 0 Å². The van der Waals surface area contributed by atoms with Gasteiger partial charge >= 0.3 is 0 Å². The van der Waals surface area contributed by atoms with Crippen LogP contribution in [-0.2, 0) is 9.59 Å². The lowest BCUT2D eigenvalue weighted by Crippen LogP contribution is -2.57. The largest absolute Gasteiger partial charge is 0.370 e. The average Bonchev–Trinajstić information content (AvgIpc) is 2.16. The number of carbonyl (C=O) groups excluding carboxylic acids is 2. The predicted octanol–water partition coefficient (Wildman–Crippen LogP) is -0.116. The van der Waals surface area contributed by atoms with Crippen LogP contribution in [0.1, 0.15) is 25.7 Å². The topological polar surface area (TPSA) is 75.4 Å². The molecule has 1 saturated heterocycles. The molecule has 5 nitrogen and oxygen atoms in total. The van der Waals surface area contributed by atoms with E-state index >= 15 is 0 Å². The highest BCUT2D eigenvalue weighted by atomic mass is 35.5. The summed E-state index contributed by atoms with van der Waals surface area (Å²) in [4.78, 5) is 24.7. The van der Waals surface area contributed by atoms with Crippen LogP contribution in [0.15, 0.2) is 0 Å². The van der Waals surface area contributed by atoms with E-state index in [2.05, 4.69) is 5.32 Å². The number of hydrogen-bond donors (Lipinski definition) is 2. The summed E-state index contributed by atoms with van der Waals surface area (Å²) in [6, 6.07) is -0.397. The Morgan fingerprint density at radius 3 is 2.71 bits per heavy atom. The molecular formula is C11H20ClN3O2. The number of rotatable bonds is 4. The Kier molecular flexibility index (Phi) is 5.21. The molecule has 1 aliphatic carbocycles. The molecule has 6 heteroatoms. The quantitative estimate of drug-likeness (QED) is 0.741. The number of nitrogens with two attached hydrogens (primary N) is 1. The lowest BCUT2D eigenvalue weighted by Gasteiger charge is -2.37. The third kappa shape index (κ3) is 3.57. The standard InChI is InChI=1S/C11H19N3O2.ClH/c12-10(15)6-9-11(16)14(5-4-13-9)7-8-2-1-3-8;/h8-9,13H,1-7H2,(H2,12,15);1H. The molecule has 3 N–H and O–H groups in total. The van der Waals surface area contributed by atoms with Crippen molar-refractivity contribution in [1.29, 1.82) is 0 Å². The molecule has 0 aromatic rings. The van der Waals surface area contributed by atoms with Crippen molar-refractivity contribution in [1.82, 2.24) is 10.2 Å². The van der Waals surface area contributed by atoms with Crippen molar-refractivity contribution in [3.8, 4) is 0 Å². The van der Waals surface area contributed by atoms with Crippen molar-refractivity contribution < 1.29 is 9.59 Å². The minimum atomic E-state index is -0.420. The van der Waals surface area contributed by atoms with Crippen molar-refractivity contribution >= 4 is 24.2 Å². The first kappa shape index (κ1) is 14.3. The number of nitrogens with one attached hydrogen (secondary N) is 1. The van der Waals surface area contributed by atoms with E-state index in [1.165, 1.54) is 19.3 Å². The van der Waals surface area contributed by atoms with Gasteiger partial charge in [0.1, 0.15) is 0 Å². The van der Waals surface area contributed by atoms with Gasteiger partial charge < -0.3 is 16.0 Å². The van der Waals surface area contributed by atoms with Gasteiger partial charge in [-0.15, -0.1) is 12.4 Å². The number of nitrogens with zero attached hydrogens (tertiary/aromatic N) is 1. The molecule has 0 aromatic carbocycles. The van der Waals surface area contributed by atoms with Crippen molar-refractivity contribution in [3.05, 3.63) is 0 Å². The highest BCUT2D eigenvalue weighted by molar-refractivity contribution is 5.88. The van der Waals surface area contributed by atoms with E-state index in [4.69, 9.17) is 5.73 Å². The van der Waals surface area contributed by atoms with Crippen LogP contribution in [0.5, 0.6) is 0 Å². The zero-order chi connectivity index (χ0) is 11.5. The normalized spacial score (nSPS) is 25.1. The van der Waals surface area contributed by atoms with Crippen LogP contribution in [0, 0.1) is 5.92 Å². The molecule has 1 atom stereocenters. The zero-order valence-electron chi connectivity index (χ0n) is 9.85. The number of hydrogen-bond acceptors (Lipinski definition) is 3. The van der Waals surface area contributed by atoms with E-state index in [0.717, 1.165) is 19.6 Å². The monoisotopic (exact) mass is 261 g/mol. The highest BCUT2D eigenvalue weighted by Gasteiger charge is 2.31. The lowest BCUT2D eigenvalue weighted by molar-refractivity contribution is -0.138. The summed E-state index contributed by atoms with van der Waals surface area (Å²) in [5, 5.41) is 3.05. The smallest absolute Gasteiger partial charge is 0.240 e. The number of halogens is 1. The summed E-state index contributed by atoms with van der Waals surface area (Å²) in [5.41, 5.74) is 5.12. The molecule has 2 amide bonds. The second kappa shape index (κ2) is 6.21. The molecule has 1 unspecified atom stereocenters. The van der Waals surface area contributed by atoms with Crippen LogP contribution in [0.4, 0.5) is 0 Å². The summed E-state index contributed by atoms with van der Waals surface area (Å²) in [5.74, 6) is 0.296. The molecule has 0 radical (unpaired) electrons. The number of piperazine rings is 1. The summed E-state index contributed by atoms with van der Waals surface area (Å²) >= 11 is 0. The summed E-state index contributed by atoms with van der Waals surface area (Å²) < 4.78 is 0. The molecule has 98 valence electrons. The van der Waals surface area contributed by atoms with Crippen LogP contribution >= 0.6 is 12.4 Å². The second-order valence-electron chi connectivity index (χ2n) is 4.76. The van der Waals surface area contributed by atoms with E-state index in [-0.39, 0.29) is 24.7 Å². The zero-order valence-corrected chi connectivity index (χ0v) is 10.7. The van der Waals surface area contributed by atoms with E-state index in [1.807, 2.05) is 4.90 Å². The van der Waals surface area contributed by atoms with Gasteiger partial charge in [-0.25, -0.2) is 0 Å². The first-order valence-electron chi connectivity index (χ1n) is 5.97. The first-order chi connectivity index (χ1) is 7.66. The Bertz CT molecular complexity index is 294. The Morgan fingerprint density at radius 1 is 1.47 bits per heavy atom. The van der Waals surface area contributed by atoms with Gasteiger partial charge in [0.2, 0.25) is 11.8 Å². The van der Waals surface area contributed by atoms with E-state index in [0.29, 0.717) is 5.92 Å². The van der Waals surface area contributed by atoms with Crippen molar-refractivity contribution in [2.24, 2.45) is 11.7 Å². The Balaban J connectivity index is 0.00000144. The van der Waals surface area contributed by atoms with Crippen molar-refractivity contribution in [2.45, 2.75) is 31.7 Å². The van der Waals surface area contributed by atoms with Crippen molar-refractivity contribution in [3.63, 3.8) is 0 Å².